The quantitative estimate of drug-likeness (QED) is 0.703. The Bertz CT molecular complexity index is 1100. The van der Waals surface area contributed by atoms with E-state index in [9.17, 15) is 19.5 Å². The molecule has 2 aromatic carbocycles. The first kappa shape index (κ1) is 22.4. The van der Waals surface area contributed by atoms with Gasteiger partial charge in [-0.25, -0.2) is 4.79 Å². The highest BCUT2D eigenvalue weighted by Gasteiger charge is 2.50. The molecule has 5 rings (SSSR count). The van der Waals surface area contributed by atoms with Gasteiger partial charge in [-0.05, 0) is 47.9 Å². The topological polar surface area (TPSA) is 95.9 Å². The Morgan fingerprint density at radius 2 is 1.65 bits per heavy atom. The Balaban J connectivity index is 1.12. The van der Waals surface area contributed by atoms with Crippen LogP contribution in [-0.4, -0.2) is 53.7 Å². The van der Waals surface area contributed by atoms with Gasteiger partial charge in [0.25, 0.3) is 0 Å². The summed E-state index contributed by atoms with van der Waals surface area (Å²) in [5, 5.41) is 12.4. The lowest BCUT2D eigenvalue weighted by Gasteiger charge is -2.36. The second kappa shape index (κ2) is 8.46. The number of carbonyl (C=O) groups excluding carboxylic acids is 2. The van der Waals surface area contributed by atoms with Crippen LogP contribution in [0.3, 0.4) is 0 Å². The minimum Gasteiger partial charge on any atom is -0.481 e. The maximum atomic E-state index is 12.8. The third-order valence-electron chi connectivity index (χ3n) is 8.05. The minimum atomic E-state index is -0.904. The predicted molar refractivity (Wildman–Crippen MR) is 126 cm³/mol. The van der Waals surface area contributed by atoms with E-state index in [-0.39, 0.29) is 42.9 Å². The number of aliphatic carboxylic acids is 1. The molecule has 7 nitrogen and oxygen atoms in total. The fourth-order valence-corrected chi connectivity index (χ4v) is 5.60. The number of amides is 2. The number of fused-ring (bicyclic) bond motifs is 3. The number of benzene rings is 2. The van der Waals surface area contributed by atoms with E-state index in [1.165, 1.54) is 22.3 Å². The van der Waals surface area contributed by atoms with E-state index in [1.54, 1.807) is 11.8 Å². The van der Waals surface area contributed by atoms with Crippen molar-refractivity contribution < 1.29 is 24.2 Å². The van der Waals surface area contributed by atoms with Gasteiger partial charge in [-0.1, -0.05) is 55.5 Å². The van der Waals surface area contributed by atoms with Gasteiger partial charge in [0.1, 0.15) is 6.61 Å². The van der Waals surface area contributed by atoms with E-state index in [4.69, 9.17) is 4.74 Å². The summed E-state index contributed by atoms with van der Waals surface area (Å²) in [6.45, 7) is 4.54. The number of alkyl carbamates (subject to hydrolysis) is 1. The molecule has 2 atom stereocenters. The molecule has 1 saturated carbocycles. The van der Waals surface area contributed by atoms with Gasteiger partial charge in [0.2, 0.25) is 5.91 Å². The van der Waals surface area contributed by atoms with Crippen LogP contribution in [0.15, 0.2) is 48.5 Å². The van der Waals surface area contributed by atoms with Crippen molar-refractivity contribution in [2.24, 2.45) is 17.3 Å². The molecule has 178 valence electrons. The van der Waals surface area contributed by atoms with Crippen molar-refractivity contribution in [3.8, 4) is 11.1 Å². The van der Waals surface area contributed by atoms with Gasteiger partial charge in [-0.3, -0.25) is 9.59 Å². The van der Waals surface area contributed by atoms with Crippen molar-refractivity contribution in [1.29, 1.82) is 0 Å². The molecule has 1 heterocycles. The van der Waals surface area contributed by atoms with E-state index < -0.39 is 17.5 Å². The number of nitrogens with one attached hydrogen (secondary N) is 1. The summed E-state index contributed by atoms with van der Waals surface area (Å²) in [7, 11) is 0. The Morgan fingerprint density at radius 1 is 1.06 bits per heavy atom. The number of nitrogens with zero attached hydrogens (tertiary/aromatic N) is 1. The summed E-state index contributed by atoms with van der Waals surface area (Å²) in [6.07, 6.45) is 0.640. The number of carbonyl (C=O) groups is 3. The molecule has 1 aliphatic heterocycles. The molecule has 0 bridgehead atoms. The van der Waals surface area contributed by atoms with E-state index in [0.717, 1.165) is 0 Å². The molecule has 0 unspecified atom stereocenters. The summed E-state index contributed by atoms with van der Waals surface area (Å²) in [4.78, 5) is 38.6. The van der Waals surface area contributed by atoms with Crippen molar-refractivity contribution in [2.45, 2.75) is 38.6 Å². The lowest BCUT2D eigenvalue weighted by atomic mass is 9.79. The smallest absolute Gasteiger partial charge is 0.407 e. The molecule has 1 saturated heterocycles. The van der Waals surface area contributed by atoms with Crippen LogP contribution < -0.4 is 5.32 Å². The van der Waals surface area contributed by atoms with Crippen molar-refractivity contribution in [2.75, 3.05) is 19.7 Å². The third kappa shape index (κ3) is 3.73. The third-order valence-corrected chi connectivity index (χ3v) is 8.05. The molecule has 0 radical (unpaired) electrons. The van der Waals surface area contributed by atoms with Crippen molar-refractivity contribution in [3.05, 3.63) is 59.7 Å². The molecule has 2 aliphatic carbocycles. The highest BCUT2D eigenvalue weighted by molar-refractivity contribution is 5.83. The first-order valence-electron chi connectivity index (χ1n) is 11.9. The van der Waals surface area contributed by atoms with Gasteiger partial charge in [0, 0.05) is 31.0 Å². The van der Waals surface area contributed by atoms with Crippen LogP contribution in [0, 0.1) is 17.3 Å². The fourth-order valence-electron chi connectivity index (χ4n) is 5.60. The second-order valence-corrected chi connectivity index (χ2v) is 10.2. The zero-order valence-electron chi connectivity index (χ0n) is 19.5. The molecule has 34 heavy (non-hydrogen) atoms. The Morgan fingerprint density at radius 3 is 2.21 bits per heavy atom. The van der Waals surface area contributed by atoms with Gasteiger partial charge in [0.05, 0.1) is 5.41 Å². The zero-order chi connectivity index (χ0) is 24.0. The van der Waals surface area contributed by atoms with E-state index in [1.807, 2.05) is 31.2 Å². The summed E-state index contributed by atoms with van der Waals surface area (Å²) >= 11 is 0. The van der Waals surface area contributed by atoms with Gasteiger partial charge in [0.15, 0.2) is 0 Å². The van der Waals surface area contributed by atoms with Crippen molar-refractivity contribution >= 4 is 18.0 Å². The second-order valence-electron chi connectivity index (χ2n) is 10.2. The highest BCUT2D eigenvalue weighted by atomic mass is 16.5. The molecular formula is C27H30N2O5. The Kier molecular flexibility index (Phi) is 5.58. The van der Waals surface area contributed by atoms with Crippen LogP contribution >= 0.6 is 0 Å². The molecule has 2 aromatic rings. The first-order valence-corrected chi connectivity index (χ1v) is 11.9. The largest absolute Gasteiger partial charge is 0.481 e. The molecule has 7 heteroatoms. The number of hydrogen-bond donors (Lipinski definition) is 2. The fraction of sp³-hybridized carbons (Fsp3) is 0.444. The van der Waals surface area contributed by atoms with Crippen LogP contribution in [0.5, 0.6) is 0 Å². The number of hydrogen-bond acceptors (Lipinski definition) is 4. The summed E-state index contributed by atoms with van der Waals surface area (Å²) in [6, 6.07) is 16.3. The maximum Gasteiger partial charge on any atom is 0.407 e. The van der Waals surface area contributed by atoms with Crippen LogP contribution in [0.25, 0.3) is 11.1 Å². The average molecular weight is 463 g/mol. The number of rotatable bonds is 5. The number of carboxylic acids is 1. The van der Waals surface area contributed by atoms with Crippen LogP contribution in [-0.2, 0) is 14.3 Å². The predicted octanol–water partition coefficient (Wildman–Crippen LogP) is 3.87. The SMILES string of the molecule is C[C@H]1CN(C(=O)C2CC(NC(=O)OCC3c4ccccc4-c4ccccc43)C2)C[C@]1(C)C(=O)O. The van der Waals surface area contributed by atoms with Crippen molar-refractivity contribution in [1.82, 2.24) is 10.2 Å². The van der Waals surface area contributed by atoms with Crippen LogP contribution in [0.1, 0.15) is 43.7 Å². The van der Waals surface area contributed by atoms with E-state index in [0.29, 0.717) is 19.4 Å². The molecule has 2 N–H and O–H groups in total. The van der Waals surface area contributed by atoms with Crippen LogP contribution in [0.4, 0.5) is 4.79 Å². The van der Waals surface area contributed by atoms with Gasteiger partial charge in [-0.2, -0.15) is 0 Å². The van der Waals surface area contributed by atoms with Crippen molar-refractivity contribution in [3.63, 3.8) is 0 Å². The standard InChI is InChI=1S/C27H30N2O5/c1-16-13-29(15-27(16,2)25(31)32)24(30)17-11-18(12-17)28-26(33)34-14-23-21-9-5-3-7-19(21)20-8-4-6-10-22(20)23/h3-10,16-18,23H,11-15H2,1-2H3,(H,28,33)(H,31,32)/t16-,17?,18?,27-/m0/s1. The Hall–Kier alpha value is -3.35. The minimum absolute atomic E-state index is 0.00886. The highest BCUT2D eigenvalue weighted by Crippen LogP contribution is 2.44. The average Bonchev–Trinajstić information content (AvgIpc) is 3.29. The number of likely N-dealkylation sites (tertiary alicyclic amines) is 1. The molecule has 2 fully saturated rings. The number of ether oxygens (including phenoxy) is 1. The Labute approximate surface area is 199 Å². The molecule has 0 spiro atoms. The summed E-state index contributed by atoms with van der Waals surface area (Å²) in [5.41, 5.74) is 3.79. The number of carboxylic acid groups (broad SMARTS) is 1. The van der Waals surface area contributed by atoms with Gasteiger partial charge < -0.3 is 20.1 Å². The van der Waals surface area contributed by atoms with E-state index >= 15 is 0 Å². The molecular weight excluding hydrogens is 432 g/mol. The zero-order valence-corrected chi connectivity index (χ0v) is 19.5. The van der Waals surface area contributed by atoms with E-state index in [2.05, 4.69) is 29.6 Å². The molecule has 2 amide bonds. The summed E-state index contributed by atoms with van der Waals surface area (Å²) < 4.78 is 5.60. The van der Waals surface area contributed by atoms with Gasteiger partial charge in [-0.15, -0.1) is 0 Å². The summed E-state index contributed by atoms with van der Waals surface area (Å²) in [5.74, 6) is -1.14. The molecule has 3 aliphatic rings. The first-order chi connectivity index (χ1) is 16.3. The monoisotopic (exact) mass is 462 g/mol. The normalized spacial score (nSPS) is 27.5. The lowest BCUT2D eigenvalue weighted by molar-refractivity contribution is -0.149. The van der Waals surface area contributed by atoms with Crippen LogP contribution in [0.2, 0.25) is 0 Å². The lowest BCUT2D eigenvalue weighted by Crippen LogP contribution is -2.50. The maximum absolute atomic E-state index is 12.8. The molecule has 0 aromatic heterocycles. The van der Waals surface area contributed by atoms with Gasteiger partial charge >= 0.3 is 12.1 Å².